The largest absolute Gasteiger partial charge is 0.301 e. The zero-order valence-electron chi connectivity index (χ0n) is 16.9. The highest BCUT2D eigenvalue weighted by Crippen LogP contribution is 2.52. The van der Waals surface area contributed by atoms with Crippen LogP contribution in [0.4, 0.5) is 5.69 Å². The fourth-order valence-electron chi connectivity index (χ4n) is 3.62. The monoisotopic (exact) mass is 459 g/mol. The summed E-state index contributed by atoms with van der Waals surface area (Å²) in [5, 5.41) is 0.625. The Labute approximate surface area is 187 Å². The van der Waals surface area contributed by atoms with Gasteiger partial charge in [0.1, 0.15) is 3.82 Å². The predicted molar refractivity (Wildman–Crippen MR) is 126 cm³/mol. The molecule has 0 N–H and O–H groups in total. The number of aromatic nitrogens is 2. The van der Waals surface area contributed by atoms with Crippen LogP contribution in [0.2, 0.25) is 0 Å². The fourth-order valence-corrected chi connectivity index (χ4v) is 7.62. The molecule has 4 rings (SSSR count). The lowest BCUT2D eigenvalue weighted by molar-refractivity contribution is -0.117. The average molecular weight is 460 g/mol. The number of aryl methyl sites for hydroxylation is 3. The molecule has 4 nitrogen and oxygen atoms in total. The van der Waals surface area contributed by atoms with E-state index in [0.29, 0.717) is 5.16 Å². The van der Waals surface area contributed by atoms with Crippen molar-refractivity contribution in [2.75, 3.05) is 10.7 Å². The molecule has 150 valence electrons. The molecule has 1 amide bonds. The van der Waals surface area contributed by atoms with Crippen LogP contribution < -0.4 is 4.90 Å². The molecule has 1 aliphatic heterocycles. The van der Waals surface area contributed by atoms with Gasteiger partial charge < -0.3 is 4.90 Å². The minimum atomic E-state index is -0.465. The first kappa shape index (κ1) is 20.7. The molecule has 2 aromatic heterocycles. The molecular weight excluding hydrogens is 439 g/mol. The molecule has 1 aliphatic rings. The summed E-state index contributed by atoms with van der Waals surface area (Å²) >= 11 is 7.04. The minimum absolute atomic E-state index is 0.0459. The summed E-state index contributed by atoms with van der Waals surface area (Å²) in [6.07, 6.45) is 1.73. The van der Waals surface area contributed by atoms with Crippen molar-refractivity contribution < 1.29 is 4.79 Å². The van der Waals surface area contributed by atoms with E-state index in [4.69, 9.17) is 12.2 Å². The number of nitrogens with zero attached hydrogens (tertiary/aromatic N) is 3. The second-order valence-corrected chi connectivity index (χ2v) is 11.4. The molecular formula is C21H21N3OS4. The second kappa shape index (κ2) is 7.58. The summed E-state index contributed by atoms with van der Waals surface area (Å²) in [5.74, 6) is 0.328. The Hall–Kier alpha value is -1.61. The van der Waals surface area contributed by atoms with Gasteiger partial charge in [0.2, 0.25) is 5.91 Å². The molecule has 0 aliphatic carbocycles. The average Bonchev–Trinajstić information content (AvgIpc) is 3.05. The zero-order valence-corrected chi connectivity index (χ0v) is 20.2. The van der Waals surface area contributed by atoms with E-state index in [2.05, 4.69) is 49.8 Å². The first-order valence-electron chi connectivity index (χ1n) is 9.21. The van der Waals surface area contributed by atoms with Crippen LogP contribution in [0.5, 0.6) is 0 Å². The number of anilines is 1. The number of amides is 1. The molecule has 0 fully saturated rings. The maximum Gasteiger partial charge on any atom is 0.238 e. The van der Waals surface area contributed by atoms with Crippen molar-refractivity contribution in [1.82, 2.24) is 9.97 Å². The Kier molecular flexibility index (Phi) is 5.40. The van der Waals surface area contributed by atoms with Gasteiger partial charge in [0, 0.05) is 23.0 Å². The van der Waals surface area contributed by atoms with E-state index in [1.165, 1.54) is 22.9 Å². The third-order valence-electron chi connectivity index (χ3n) is 5.22. The normalized spacial score (nSPS) is 14.4. The van der Waals surface area contributed by atoms with Crippen LogP contribution in [0.3, 0.4) is 0 Å². The van der Waals surface area contributed by atoms with Gasteiger partial charge in [-0.1, -0.05) is 44.7 Å². The van der Waals surface area contributed by atoms with Crippen LogP contribution in [0, 0.1) is 24.6 Å². The summed E-state index contributed by atoms with van der Waals surface area (Å²) in [6.45, 7) is 10.3. The van der Waals surface area contributed by atoms with E-state index in [1.54, 1.807) is 26.9 Å². The number of benzene rings is 1. The molecule has 0 saturated heterocycles. The van der Waals surface area contributed by atoms with E-state index in [9.17, 15) is 4.79 Å². The van der Waals surface area contributed by atoms with Gasteiger partial charge in [-0.05, 0) is 63.9 Å². The van der Waals surface area contributed by atoms with Crippen LogP contribution in [-0.4, -0.2) is 21.6 Å². The summed E-state index contributed by atoms with van der Waals surface area (Å²) in [4.78, 5) is 25.3. The van der Waals surface area contributed by atoms with Crippen molar-refractivity contribution in [1.29, 1.82) is 0 Å². The number of hydrogen-bond acceptors (Lipinski definition) is 7. The lowest BCUT2D eigenvalue weighted by Gasteiger charge is -2.43. The quantitative estimate of drug-likeness (QED) is 0.199. The van der Waals surface area contributed by atoms with Gasteiger partial charge in [-0.2, -0.15) is 0 Å². The number of hydrogen-bond donors (Lipinski definition) is 0. The van der Waals surface area contributed by atoms with Gasteiger partial charge in [0.15, 0.2) is 5.16 Å². The van der Waals surface area contributed by atoms with Crippen LogP contribution in [0.1, 0.15) is 35.5 Å². The molecule has 3 aromatic rings. The van der Waals surface area contributed by atoms with Gasteiger partial charge in [-0.3, -0.25) is 4.79 Å². The first-order chi connectivity index (χ1) is 13.7. The fraction of sp³-hybridized carbons (Fsp3) is 0.333. The van der Waals surface area contributed by atoms with Gasteiger partial charge in [0.25, 0.3) is 0 Å². The Morgan fingerprint density at radius 2 is 1.93 bits per heavy atom. The summed E-state index contributed by atoms with van der Waals surface area (Å²) in [5.41, 5.74) is 5.93. The maximum atomic E-state index is 13.5. The van der Waals surface area contributed by atoms with E-state index < -0.39 is 5.54 Å². The molecule has 8 heteroatoms. The van der Waals surface area contributed by atoms with Gasteiger partial charge in [-0.15, -0.1) is 0 Å². The van der Waals surface area contributed by atoms with Crippen molar-refractivity contribution in [3.63, 3.8) is 0 Å². The molecule has 0 saturated carbocycles. The first-order valence-corrected chi connectivity index (χ1v) is 12.7. The molecule has 0 radical (unpaired) electrons. The predicted octanol–water partition coefficient (Wildman–Crippen LogP) is 6.30. The molecule has 0 bridgehead atoms. The van der Waals surface area contributed by atoms with Crippen LogP contribution in [0.25, 0.3) is 11.1 Å². The molecule has 0 spiro atoms. The number of carbonyl (C=O) groups excluding carboxylic acids is 1. The standard InChI is InChI=1S/C21H21N3OS4/c1-11-8-14-15(9-12(11)2)24(21(4,5)18-17(14)19(26)29-28-18)16(25)10-27-20-22-7-6-13(3)23-20/h6-9H,10H2,1-5H3. The van der Waals surface area contributed by atoms with Crippen LogP contribution in [0.15, 0.2) is 29.6 Å². The van der Waals surface area contributed by atoms with E-state index in [-0.39, 0.29) is 11.7 Å². The van der Waals surface area contributed by atoms with Gasteiger partial charge >= 0.3 is 0 Å². The summed E-state index contributed by atoms with van der Waals surface area (Å²) < 4.78 is 0.900. The number of fused-ring (bicyclic) bond motifs is 3. The van der Waals surface area contributed by atoms with Crippen molar-refractivity contribution in [3.05, 3.63) is 49.9 Å². The highest BCUT2D eigenvalue weighted by Gasteiger charge is 2.43. The Morgan fingerprint density at radius 3 is 2.66 bits per heavy atom. The van der Waals surface area contributed by atoms with Crippen LogP contribution in [-0.2, 0) is 10.3 Å². The maximum absolute atomic E-state index is 13.5. The number of carbonyl (C=O) groups is 1. The van der Waals surface area contributed by atoms with Crippen molar-refractivity contribution in [2.24, 2.45) is 0 Å². The van der Waals surface area contributed by atoms with Gasteiger partial charge in [0.05, 0.1) is 21.9 Å². The smallest absolute Gasteiger partial charge is 0.238 e. The van der Waals surface area contributed by atoms with E-state index in [1.807, 2.05) is 17.9 Å². The molecule has 0 unspecified atom stereocenters. The highest BCUT2D eigenvalue weighted by molar-refractivity contribution is 7.99. The topological polar surface area (TPSA) is 46.1 Å². The Bertz CT molecular complexity index is 1180. The summed E-state index contributed by atoms with van der Waals surface area (Å²) in [6, 6.07) is 6.15. The van der Waals surface area contributed by atoms with E-state index in [0.717, 1.165) is 31.2 Å². The van der Waals surface area contributed by atoms with E-state index >= 15 is 0 Å². The molecule has 0 atom stereocenters. The molecule has 1 aromatic carbocycles. The Morgan fingerprint density at radius 1 is 1.21 bits per heavy atom. The lowest BCUT2D eigenvalue weighted by atomic mass is 9.86. The SMILES string of the molecule is Cc1ccnc(SCC(=O)N2c3cc(C)c(C)cc3-c3c(ssc3=S)C2(C)C)n1. The Balaban J connectivity index is 1.78. The number of rotatable bonds is 3. The minimum Gasteiger partial charge on any atom is -0.301 e. The molecule has 29 heavy (non-hydrogen) atoms. The highest BCUT2D eigenvalue weighted by atomic mass is 32.9. The second-order valence-electron chi connectivity index (χ2n) is 7.67. The summed E-state index contributed by atoms with van der Waals surface area (Å²) in [7, 11) is 3.30. The molecule has 3 heterocycles. The zero-order chi connectivity index (χ0) is 20.9. The van der Waals surface area contributed by atoms with Crippen molar-refractivity contribution in [3.8, 4) is 11.1 Å². The van der Waals surface area contributed by atoms with Gasteiger partial charge in [-0.25, -0.2) is 9.97 Å². The lowest BCUT2D eigenvalue weighted by Crippen LogP contribution is -2.48. The third kappa shape index (κ3) is 3.56. The van der Waals surface area contributed by atoms with Crippen molar-refractivity contribution in [2.45, 2.75) is 45.3 Å². The number of thioether (sulfide) groups is 1. The third-order valence-corrected chi connectivity index (χ3v) is 9.39. The van der Waals surface area contributed by atoms with Crippen molar-refractivity contribution >= 4 is 56.3 Å². The van der Waals surface area contributed by atoms with Crippen LogP contribution >= 0.6 is 44.7 Å².